The first kappa shape index (κ1) is 11.5. The smallest absolute Gasteiger partial charge is 0.0216 e. The summed E-state index contributed by atoms with van der Waals surface area (Å²) in [5.74, 6) is 0. The fourth-order valence-corrected chi connectivity index (χ4v) is 2.38. The Labute approximate surface area is 90.9 Å². The van der Waals surface area contributed by atoms with Crippen LogP contribution in [0.4, 0.5) is 0 Å². The molecule has 1 aromatic heterocycles. The van der Waals surface area contributed by atoms with Gasteiger partial charge in [-0.3, -0.25) is 0 Å². The fraction of sp³-hybridized carbons (Fsp3) is 0.500. The average Bonchev–Trinajstić information content (AvgIpc) is 2.45. The molecule has 1 rings (SSSR count). The lowest BCUT2D eigenvalue weighted by Gasteiger charge is -2.01. The highest BCUT2D eigenvalue weighted by atomic mass is 32.1. The number of rotatable bonds is 5. The van der Waals surface area contributed by atoms with E-state index in [0.29, 0.717) is 0 Å². The van der Waals surface area contributed by atoms with Crippen LogP contribution in [0.15, 0.2) is 18.2 Å². The van der Waals surface area contributed by atoms with E-state index >= 15 is 0 Å². The summed E-state index contributed by atoms with van der Waals surface area (Å²) in [5.41, 5.74) is 1.45. The highest BCUT2D eigenvalue weighted by Crippen LogP contribution is 2.19. The molecule has 1 nitrogen and oxygen atoms in total. The first-order valence-corrected chi connectivity index (χ1v) is 5.93. The van der Waals surface area contributed by atoms with Gasteiger partial charge in [-0.2, -0.15) is 0 Å². The Balaban J connectivity index is 2.27. The van der Waals surface area contributed by atoms with Crippen molar-refractivity contribution in [3.63, 3.8) is 0 Å². The van der Waals surface area contributed by atoms with Gasteiger partial charge in [-0.15, -0.1) is 11.3 Å². The average molecular weight is 209 g/mol. The second-order valence-electron chi connectivity index (χ2n) is 3.47. The number of hydrogen-bond donors (Lipinski definition) is 1. The number of nitrogens with one attached hydrogen (secondary N) is 1. The zero-order valence-electron chi connectivity index (χ0n) is 9.26. The second kappa shape index (κ2) is 5.99. The molecule has 0 atom stereocenters. The third kappa shape index (κ3) is 3.64. The van der Waals surface area contributed by atoms with E-state index in [9.17, 15) is 0 Å². The van der Waals surface area contributed by atoms with Gasteiger partial charge in [-0.1, -0.05) is 12.2 Å². The van der Waals surface area contributed by atoms with E-state index in [2.05, 4.69) is 44.3 Å². The first-order chi connectivity index (χ1) is 6.74. The number of hydrogen-bond acceptors (Lipinski definition) is 2. The van der Waals surface area contributed by atoms with Crippen LogP contribution in [0.2, 0.25) is 0 Å². The molecule has 0 saturated heterocycles. The molecule has 0 bridgehead atoms. The maximum atomic E-state index is 3.45. The molecule has 0 aliphatic carbocycles. The summed E-state index contributed by atoms with van der Waals surface area (Å²) in [6.07, 6.45) is 5.42. The van der Waals surface area contributed by atoms with Crippen LogP contribution in [0.1, 0.15) is 28.7 Å². The monoisotopic (exact) mass is 209 g/mol. The molecule has 0 amide bonds. The molecule has 1 aromatic rings. The zero-order valence-corrected chi connectivity index (χ0v) is 10.1. The van der Waals surface area contributed by atoms with Gasteiger partial charge >= 0.3 is 0 Å². The summed E-state index contributed by atoms with van der Waals surface area (Å²) in [4.78, 5) is 2.86. The summed E-state index contributed by atoms with van der Waals surface area (Å²) in [7, 11) is 0. The zero-order chi connectivity index (χ0) is 10.4. The quantitative estimate of drug-likeness (QED) is 0.579. The van der Waals surface area contributed by atoms with Crippen molar-refractivity contribution in [2.75, 3.05) is 6.54 Å². The van der Waals surface area contributed by atoms with Crippen molar-refractivity contribution in [2.24, 2.45) is 0 Å². The standard InChI is InChI=1S/C12H19NS/c1-4-5-6-7-13-9-12-8-10(2)14-11(12)3/h4-5,8,13H,6-7,9H2,1-3H3/b5-4+. The van der Waals surface area contributed by atoms with E-state index in [1.807, 2.05) is 11.3 Å². The largest absolute Gasteiger partial charge is 0.312 e. The molecule has 0 aromatic carbocycles. The highest BCUT2D eigenvalue weighted by molar-refractivity contribution is 7.12. The minimum Gasteiger partial charge on any atom is -0.312 e. The molecule has 0 saturated carbocycles. The molecular weight excluding hydrogens is 190 g/mol. The molecule has 1 N–H and O–H groups in total. The number of thiophene rings is 1. The van der Waals surface area contributed by atoms with Crippen molar-refractivity contribution >= 4 is 11.3 Å². The predicted molar refractivity (Wildman–Crippen MR) is 64.9 cm³/mol. The van der Waals surface area contributed by atoms with Gasteiger partial charge in [0.15, 0.2) is 0 Å². The second-order valence-corrected chi connectivity index (χ2v) is 4.93. The summed E-state index contributed by atoms with van der Waals surface area (Å²) < 4.78 is 0. The van der Waals surface area contributed by atoms with Crippen LogP contribution in [-0.2, 0) is 6.54 Å². The summed E-state index contributed by atoms with van der Waals surface area (Å²) in [6, 6.07) is 2.28. The van der Waals surface area contributed by atoms with Gasteiger partial charge in [0.1, 0.15) is 0 Å². The van der Waals surface area contributed by atoms with Crippen molar-refractivity contribution in [1.29, 1.82) is 0 Å². The van der Waals surface area contributed by atoms with E-state index in [0.717, 1.165) is 19.5 Å². The Morgan fingerprint density at radius 1 is 1.43 bits per heavy atom. The van der Waals surface area contributed by atoms with Crippen LogP contribution in [0.3, 0.4) is 0 Å². The van der Waals surface area contributed by atoms with Crippen molar-refractivity contribution in [1.82, 2.24) is 5.32 Å². The van der Waals surface area contributed by atoms with Gasteiger partial charge < -0.3 is 5.32 Å². The molecule has 1 heterocycles. The van der Waals surface area contributed by atoms with Crippen molar-refractivity contribution in [2.45, 2.75) is 33.7 Å². The van der Waals surface area contributed by atoms with Crippen LogP contribution in [-0.4, -0.2) is 6.54 Å². The van der Waals surface area contributed by atoms with Crippen molar-refractivity contribution in [3.05, 3.63) is 33.5 Å². The third-order valence-corrected chi connectivity index (χ3v) is 3.19. The first-order valence-electron chi connectivity index (χ1n) is 5.12. The van der Waals surface area contributed by atoms with Gasteiger partial charge in [-0.25, -0.2) is 0 Å². The van der Waals surface area contributed by atoms with E-state index < -0.39 is 0 Å². The highest BCUT2D eigenvalue weighted by Gasteiger charge is 2.00. The Kier molecular flexibility index (Phi) is 4.91. The van der Waals surface area contributed by atoms with Crippen LogP contribution < -0.4 is 5.32 Å². The van der Waals surface area contributed by atoms with Crippen LogP contribution in [0.5, 0.6) is 0 Å². The summed E-state index contributed by atoms with van der Waals surface area (Å²) in [6.45, 7) is 8.50. The topological polar surface area (TPSA) is 12.0 Å². The maximum Gasteiger partial charge on any atom is 0.0216 e. The van der Waals surface area contributed by atoms with E-state index in [1.165, 1.54) is 15.3 Å². The lowest BCUT2D eigenvalue weighted by Crippen LogP contribution is -2.13. The molecule has 2 heteroatoms. The molecule has 78 valence electrons. The molecule has 0 unspecified atom stereocenters. The molecule has 0 aliphatic rings. The van der Waals surface area contributed by atoms with Gasteiger partial charge in [0, 0.05) is 16.3 Å². The Bertz CT molecular complexity index is 299. The van der Waals surface area contributed by atoms with Crippen LogP contribution in [0.25, 0.3) is 0 Å². The van der Waals surface area contributed by atoms with Gasteiger partial charge in [0.2, 0.25) is 0 Å². The van der Waals surface area contributed by atoms with E-state index in [-0.39, 0.29) is 0 Å². The van der Waals surface area contributed by atoms with Gasteiger partial charge in [0.05, 0.1) is 0 Å². The lowest BCUT2D eigenvalue weighted by molar-refractivity contribution is 0.694. The number of allylic oxidation sites excluding steroid dienone is 1. The van der Waals surface area contributed by atoms with Crippen LogP contribution >= 0.6 is 11.3 Å². The summed E-state index contributed by atoms with van der Waals surface area (Å²) >= 11 is 1.88. The minimum atomic E-state index is 1.01. The Morgan fingerprint density at radius 3 is 2.79 bits per heavy atom. The lowest BCUT2D eigenvalue weighted by atomic mass is 10.2. The fourth-order valence-electron chi connectivity index (χ4n) is 1.43. The van der Waals surface area contributed by atoms with Gasteiger partial charge in [-0.05, 0) is 45.4 Å². The molecule has 0 radical (unpaired) electrons. The molecule has 14 heavy (non-hydrogen) atoms. The Hall–Kier alpha value is -0.600. The molecule has 0 spiro atoms. The van der Waals surface area contributed by atoms with Crippen LogP contribution in [0, 0.1) is 13.8 Å². The van der Waals surface area contributed by atoms with Crippen molar-refractivity contribution in [3.8, 4) is 0 Å². The van der Waals surface area contributed by atoms with Gasteiger partial charge in [0.25, 0.3) is 0 Å². The normalized spacial score (nSPS) is 11.4. The minimum absolute atomic E-state index is 1.01. The Morgan fingerprint density at radius 2 is 2.21 bits per heavy atom. The molecule has 0 fully saturated rings. The van der Waals surface area contributed by atoms with Crippen molar-refractivity contribution < 1.29 is 0 Å². The maximum absolute atomic E-state index is 3.45. The molecular formula is C12H19NS. The number of aryl methyl sites for hydroxylation is 2. The third-order valence-electron chi connectivity index (χ3n) is 2.18. The molecule has 0 aliphatic heterocycles. The van der Waals surface area contributed by atoms with E-state index in [1.54, 1.807) is 0 Å². The predicted octanol–water partition coefficient (Wildman–Crippen LogP) is 3.42. The van der Waals surface area contributed by atoms with E-state index in [4.69, 9.17) is 0 Å². The SMILES string of the molecule is C/C=C/CCNCc1cc(C)sc1C. The summed E-state index contributed by atoms with van der Waals surface area (Å²) in [5, 5.41) is 3.45.